The predicted molar refractivity (Wildman–Crippen MR) is 71.4 cm³/mol. The van der Waals surface area contributed by atoms with Gasteiger partial charge in [-0.3, -0.25) is 4.79 Å². The van der Waals surface area contributed by atoms with E-state index in [1.807, 2.05) is 0 Å². The monoisotopic (exact) mass is 281 g/mol. The van der Waals surface area contributed by atoms with E-state index in [2.05, 4.69) is 16.0 Å². The van der Waals surface area contributed by atoms with Crippen molar-refractivity contribution in [3.63, 3.8) is 0 Å². The summed E-state index contributed by atoms with van der Waals surface area (Å²) in [5.41, 5.74) is 0.352. The summed E-state index contributed by atoms with van der Waals surface area (Å²) in [5, 5.41) is 2.78. The first-order chi connectivity index (χ1) is 8.99. The fourth-order valence-electron chi connectivity index (χ4n) is 1.41. The number of rotatable bonds is 4. The van der Waals surface area contributed by atoms with Gasteiger partial charge in [0.2, 0.25) is 5.91 Å². The maximum absolute atomic E-state index is 11.7. The number of nitrogens with one attached hydrogen (secondary N) is 1. The van der Waals surface area contributed by atoms with Crippen molar-refractivity contribution in [2.75, 3.05) is 19.0 Å². The van der Waals surface area contributed by atoms with Gasteiger partial charge in [-0.2, -0.15) is 0 Å². The topological polar surface area (TPSA) is 64.6 Å². The van der Waals surface area contributed by atoms with E-state index in [1.54, 1.807) is 0 Å². The van der Waals surface area contributed by atoms with Crippen LogP contribution >= 0.6 is 11.6 Å². The van der Waals surface area contributed by atoms with Crippen LogP contribution < -0.4 is 10.1 Å². The zero-order valence-corrected chi connectivity index (χ0v) is 11.2. The molecule has 1 aromatic carbocycles. The largest absolute Gasteiger partial charge is 0.478 e. The molecule has 0 aliphatic heterocycles. The number of esters is 1. The summed E-state index contributed by atoms with van der Waals surface area (Å²) in [6.07, 6.45) is 5.11. The standard InChI is InChI=1S/C13H12ClNO4/c1-4-5-19-12-10(13(17)18-3)6-9(14)7-11(12)15-8(2)16/h1,6-7H,5H2,2-3H3,(H,15,16). The highest BCUT2D eigenvalue weighted by molar-refractivity contribution is 6.31. The van der Waals surface area contributed by atoms with Crippen molar-refractivity contribution < 1.29 is 19.1 Å². The summed E-state index contributed by atoms with van der Waals surface area (Å²) in [5.74, 6) is 1.44. The highest BCUT2D eigenvalue weighted by atomic mass is 35.5. The highest BCUT2D eigenvalue weighted by Gasteiger charge is 2.19. The Bertz CT molecular complexity index is 548. The van der Waals surface area contributed by atoms with Gasteiger partial charge in [-0.15, -0.1) is 6.42 Å². The Morgan fingerprint density at radius 2 is 2.16 bits per heavy atom. The van der Waals surface area contributed by atoms with Crippen LogP contribution in [0, 0.1) is 12.3 Å². The average Bonchev–Trinajstić information content (AvgIpc) is 2.35. The van der Waals surface area contributed by atoms with E-state index in [1.165, 1.54) is 26.2 Å². The molecular formula is C13H12ClNO4. The van der Waals surface area contributed by atoms with Gasteiger partial charge in [0.15, 0.2) is 5.75 Å². The quantitative estimate of drug-likeness (QED) is 0.678. The van der Waals surface area contributed by atoms with Crippen LogP contribution in [-0.4, -0.2) is 25.6 Å². The lowest BCUT2D eigenvalue weighted by Gasteiger charge is -2.14. The van der Waals surface area contributed by atoms with Gasteiger partial charge in [0.05, 0.1) is 12.8 Å². The van der Waals surface area contributed by atoms with E-state index in [-0.39, 0.29) is 34.5 Å². The Morgan fingerprint density at radius 1 is 1.47 bits per heavy atom. The Hall–Kier alpha value is -2.19. The van der Waals surface area contributed by atoms with Crippen LogP contribution in [0.15, 0.2) is 12.1 Å². The summed E-state index contributed by atoms with van der Waals surface area (Å²) in [4.78, 5) is 22.8. The molecule has 5 nitrogen and oxygen atoms in total. The van der Waals surface area contributed by atoms with Gasteiger partial charge in [0.1, 0.15) is 12.2 Å². The number of terminal acetylenes is 1. The number of halogens is 1. The van der Waals surface area contributed by atoms with E-state index >= 15 is 0 Å². The lowest BCUT2D eigenvalue weighted by Crippen LogP contribution is -2.12. The third-order valence-electron chi connectivity index (χ3n) is 2.07. The van der Waals surface area contributed by atoms with Crippen LogP contribution in [-0.2, 0) is 9.53 Å². The van der Waals surface area contributed by atoms with Crippen molar-refractivity contribution in [2.24, 2.45) is 0 Å². The minimum Gasteiger partial charge on any atom is -0.478 e. The van der Waals surface area contributed by atoms with Crippen LogP contribution in [0.25, 0.3) is 0 Å². The van der Waals surface area contributed by atoms with Gasteiger partial charge in [0.25, 0.3) is 0 Å². The molecule has 1 rings (SSSR count). The minimum atomic E-state index is -0.638. The summed E-state index contributed by atoms with van der Waals surface area (Å²) in [6, 6.07) is 2.84. The number of methoxy groups -OCH3 is 1. The summed E-state index contributed by atoms with van der Waals surface area (Å²) in [6.45, 7) is 1.27. The molecule has 0 saturated carbocycles. The summed E-state index contributed by atoms with van der Waals surface area (Å²) in [7, 11) is 1.23. The smallest absolute Gasteiger partial charge is 0.341 e. The summed E-state index contributed by atoms with van der Waals surface area (Å²) < 4.78 is 9.92. The Labute approximate surface area is 115 Å². The van der Waals surface area contributed by atoms with Crippen molar-refractivity contribution in [3.05, 3.63) is 22.7 Å². The maximum atomic E-state index is 11.7. The molecule has 19 heavy (non-hydrogen) atoms. The van der Waals surface area contributed by atoms with Crippen molar-refractivity contribution in [2.45, 2.75) is 6.92 Å². The predicted octanol–water partition coefficient (Wildman–Crippen LogP) is 2.10. The van der Waals surface area contributed by atoms with Crippen LogP contribution in [0.4, 0.5) is 5.69 Å². The molecule has 0 aliphatic carbocycles. The lowest BCUT2D eigenvalue weighted by atomic mass is 10.1. The van der Waals surface area contributed by atoms with E-state index in [4.69, 9.17) is 22.8 Å². The fraction of sp³-hybridized carbons (Fsp3) is 0.231. The first-order valence-corrected chi connectivity index (χ1v) is 5.63. The number of amides is 1. The van der Waals surface area contributed by atoms with Crippen molar-refractivity contribution in [1.29, 1.82) is 0 Å². The van der Waals surface area contributed by atoms with Gasteiger partial charge >= 0.3 is 5.97 Å². The molecule has 0 aliphatic rings. The molecule has 0 radical (unpaired) electrons. The van der Waals surface area contributed by atoms with Crippen molar-refractivity contribution in [1.82, 2.24) is 0 Å². The first kappa shape index (κ1) is 14.9. The number of anilines is 1. The van der Waals surface area contributed by atoms with E-state index in [0.29, 0.717) is 0 Å². The van der Waals surface area contributed by atoms with Crippen LogP contribution in [0.5, 0.6) is 5.75 Å². The maximum Gasteiger partial charge on any atom is 0.341 e. The zero-order valence-electron chi connectivity index (χ0n) is 10.5. The molecule has 0 atom stereocenters. The zero-order chi connectivity index (χ0) is 14.4. The SMILES string of the molecule is C#CCOc1c(NC(C)=O)cc(Cl)cc1C(=O)OC. The van der Waals surface area contributed by atoms with Gasteiger partial charge in [-0.1, -0.05) is 17.5 Å². The second kappa shape index (κ2) is 6.66. The average molecular weight is 282 g/mol. The molecule has 1 aromatic rings. The van der Waals surface area contributed by atoms with Gasteiger partial charge in [0, 0.05) is 11.9 Å². The van der Waals surface area contributed by atoms with E-state index in [9.17, 15) is 9.59 Å². The van der Waals surface area contributed by atoms with Crippen LogP contribution in [0.3, 0.4) is 0 Å². The second-order valence-electron chi connectivity index (χ2n) is 3.50. The van der Waals surface area contributed by atoms with Crippen LogP contribution in [0.1, 0.15) is 17.3 Å². The number of hydrogen-bond acceptors (Lipinski definition) is 4. The van der Waals surface area contributed by atoms with Crippen molar-refractivity contribution >= 4 is 29.2 Å². The van der Waals surface area contributed by atoms with E-state index < -0.39 is 5.97 Å². The molecule has 100 valence electrons. The van der Waals surface area contributed by atoms with Gasteiger partial charge < -0.3 is 14.8 Å². The van der Waals surface area contributed by atoms with Gasteiger partial charge in [-0.25, -0.2) is 4.79 Å². The molecule has 1 N–H and O–H groups in total. The van der Waals surface area contributed by atoms with Gasteiger partial charge in [-0.05, 0) is 12.1 Å². The Morgan fingerprint density at radius 3 is 2.68 bits per heavy atom. The Kier molecular flexibility index (Phi) is 5.22. The summed E-state index contributed by atoms with van der Waals surface area (Å²) >= 11 is 5.89. The molecule has 0 unspecified atom stereocenters. The third kappa shape index (κ3) is 3.90. The number of hydrogen-bond donors (Lipinski definition) is 1. The molecule has 1 amide bonds. The lowest BCUT2D eigenvalue weighted by molar-refractivity contribution is -0.114. The fourth-order valence-corrected chi connectivity index (χ4v) is 1.63. The molecule has 0 aromatic heterocycles. The van der Waals surface area contributed by atoms with Crippen LogP contribution in [0.2, 0.25) is 5.02 Å². The molecule has 0 spiro atoms. The first-order valence-electron chi connectivity index (χ1n) is 5.25. The Balaban J connectivity index is 3.34. The molecule has 0 bridgehead atoms. The molecule has 0 saturated heterocycles. The molecule has 6 heteroatoms. The normalized spacial score (nSPS) is 9.37. The van der Waals surface area contributed by atoms with Crippen molar-refractivity contribution in [3.8, 4) is 18.1 Å². The third-order valence-corrected chi connectivity index (χ3v) is 2.29. The minimum absolute atomic E-state index is 0.0573. The molecule has 0 heterocycles. The highest BCUT2D eigenvalue weighted by Crippen LogP contribution is 2.33. The number of ether oxygens (including phenoxy) is 2. The second-order valence-corrected chi connectivity index (χ2v) is 3.93. The number of carbonyl (C=O) groups is 2. The number of carbonyl (C=O) groups excluding carboxylic acids is 2. The molecular weight excluding hydrogens is 270 g/mol. The number of benzene rings is 1. The van der Waals surface area contributed by atoms with E-state index in [0.717, 1.165) is 0 Å². The molecule has 0 fully saturated rings.